The van der Waals surface area contributed by atoms with Crippen molar-refractivity contribution in [2.45, 2.75) is 20.3 Å². The molecule has 0 radical (unpaired) electrons. The lowest BCUT2D eigenvalue weighted by molar-refractivity contribution is 1.19. The van der Waals surface area contributed by atoms with Crippen molar-refractivity contribution in [3.05, 3.63) is 40.5 Å². The third-order valence-corrected chi connectivity index (χ3v) is 3.48. The lowest BCUT2D eigenvalue weighted by Gasteiger charge is -2.03. The van der Waals surface area contributed by atoms with Crippen LogP contribution in [0.3, 0.4) is 0 Å². The van der Waals surface area contributed by atoms with Crippen molar-refractivity contribution in [1.82, 2.24) is 0 Å². The molecular weight excluding hydrogens is 212 g/mol. The molecule has 1 heteroatoms. The average Bonchev–Trinajstić information content (AvgIpc) is 2.29. The van der Waals surface area contributed by atoms with Crippen LogP contribution >= 0.6 is 15.9 Å². The van der Waals surface area contributed by atoms with Gasteiger partial charge in [-0.2, -0.15) is 0 Å². The van der Waals surface area contributed by atoms with Gasteiger partial charge in [-0.15, -0.1) is 0 Å². The van der Waals surface area contributed by atoms with Gasteiger partial charge in [0.25, 0.3) is 0 Å². The van der Waals surface area contributed by atoms with Crippen LogP contribution in [0.15, 0.2) is 23.8 Å². The fraction of sp³-hybridized carbons (Fsp3) is 0.273. The van der Waals surface area contributed by atoms with E-state index in [4.69, 9.17) is 0 Å². The van der Waals surface area contributed by atoms with Gasteiger partial charge in [-0.25, -0.2) is 0 Å². The van der Waals surface area contributed by atoms with Gasteiger partial charge < -0.3 is 0 Å². The maximum Gasteiger partial charge on any atom is 0.0245 e. The Bertz CT molecular complexity index is 361. The maximum absolute atomic E-state index is 3.63. The van der Waals surface area contributed by atoms with Gasteiger partial charge in [-0.05, 0) is 37.0 Å². The zero-order valence-corrected chi connectivity index (χ0v) is 8.90. The van der Waals surface area contributed by atoms with E-state index < -0.39 is 0 Å². The first-order chi connectivity index (χ1) is 5.70. The normalized spacial score (nSPS) is 15.2. The van der Waals surface area contributed by atoms with Crippen molar-refractivity contribution >= 4 is 20.4 Å². The molecular formula is C11H11Br. The molecule has 12 heavy (non-hydrogen) atoms. The lowest BCUT2D eigenvalue weighted by atomic mass is 10.1. The molecule has 0 atom stereocenters. The van der Waals surface area contributed by atoms with E-state index in [1.807, 2.05) is 0 Å². The second-order valence-electron chi connectivity index (χ2n) is 3.38. The van der Waals surface area contributed by atoms with E-state index in [1.165, 1.54) is 26.7 Å². The van der Waals surface area contributed by atoms with Gasteiger partial charge in [0.05, 0.1) is 0 Å². The first kappa shape index (κ1) is 8.06. The van der Waals surface area contributed by atoms with Crippen molar-refractivity contribution in [2.75, 3.05) is 0 Å². The summed E-state index contributed by atoms with van der Waals surface area (Å²) in [7, 11) is 0. The van der Waals surface area contributed by atoms with E-state index >= 15 is 0 Å². The number of allylic oxidation sites excluding steroid dienone is 1. The van der Waals surface area contributed by atoms with E-state index in [2.05, 4.69) is 48.0 Å². The fourth-order valence-corrected chi connectivity index (χ4v) is 2.47. The highest BCUT2D eigenvalue weighted by Crippen LogP contribution is 2.38. The molecule has 0 unspecified atom stereocenters. The number of hydrogen-bond donors (Lipinski definition) is 0. The Morgan fingerprint density at radius 1 is 1.25 bits per heavy atom. The Morgan fingerprint density at radius 3 is 2.67 bits per heavy atom. The Kier molecular flexibility index (Phi) is 1.84. The summed E-state index contributed by atoms with van der Waals surface area (Å²) in [5.41, 5.74) is 5.69. The molecule has 2 rings (SSSR count). The van der Waals surface area contributed by atoms with Crippen LogP contribution in [0.4, 0.5) is 0 Å². The predicted molar refractivity (Wildman–Crippen MR) is 56.4 cm³/mol. The largest absolute Gasteiger partial charge is 0.0617 e. The van der Waals surface area contributed by atoms with E-state index in [9.17, 15) is 0 Å². The molecule has 0 nitrogen and oxygen atoms in total. The van der Waals surface area contributed by atoms with Crippen LogP contribution in [0.1, 0.15) is 23.6 Å². The van der Waals surface area contributed by atoms with Gasteiger partial charge in [0.1, 0.15) is 0 Å². The van der Waals surface area contributed by atoms with E-state index in [0.717, 1.165) is 6.42 Å². The quantitative estimate of drug-likeness (QED) is 0.629. The van der Waals surface area contributed by atoms with Gasteiger partial charge in [-0.1, -0.05) is 39.7 Å². The van der Waals surface area contributed by atoms with Gasteiger partial charge in [0, 0.05) is 4.48 Å². The van der Waals surface area contributed by atoms with Gasteiger partial charge >= 0.3 is 0 Å². The highest BCUT2D eigenvalue weighted by Gasteiger charge is 2.17. The minimum Gasteiger partial charge on any atom is -0.0617 e. The summed E-state index contributed by atoms with van der Waals surface area (Å²) in [5, 5.41) is 0. The number of benzene rings is 1. The van der Waals surface area contributed by atoms with Gasteiger partial charge in [0.15, 0.2) is 0 Å². The van der Waals surface area contributed by atoms with Crippen molar-refractivity contribution in [3.8, 4) is 0 Å². The predicted octanol–water partition coefficient (Wildman–Crippen LogP) is 3.68. The molecule has 0 fully saturated rings. The lowest BCUT2D eigenvalue weighted by Crippen LogP contribution is -1.85. The van der Waals surface area contributed by atoms with Crippen LogP contribution in [0, 0.1) is 6.92 Å². The van der Waals surface area contributed by atoms with Crippen molar-refractivity contribution in [2.24, 2.45) is 0 Å². The summed E-state index contributed by atoms with van der Waals surface area (Å²) in [6, 6.07) is 6.51. The Labute approximate surface area is 81.4 Å². The molecule has 0 heterocycles. The highest BCUT2D eigenvalue weighted by molar-refractivity contribution is 9.15. The zero-order chi connectivity index (χ0) is 8.72. The topological polar surface area (TPSA) is 0 Å². The van der Waals surface area contributed by atoms with E-state index in [-0.39, 0.29) is 0 Å². The summed E-state index contributed by atoms with van der Waals surface area (Å²) in [6.07, 6.45) is 1.11. The first-order valence-electron chi connectivity index (χ1n) is 4.14. The summed E-state index contributed by atoms with van der Waals surface area (Å²) < 4.78 is 1.30. The SMILES string of the molecule is CC1=C(Br)c2c(C)cccc2C1. The van der Waals surface area contributed by atoms with Crippen molar-refractivity contribution < 1.29 is 0 Å². The molecule has 1 aliphatic carbocycles. The molecule has 1 aromatic carbocycles. The Balaban J connectivity index is 2.67. The Morgan fingerprint density at radius 2 is 2.00 bits per heavy atom. The minimum absolute atomic E-state index is 1.11. The molecule has 0 amide bonds. The molecule has 0 N–H and O–H groups in total. The summed E-state index contributed by atoms with van der Waals surface area (Å²) in [5.74, 6) is 0. The summed E-state index contributed by atoms with van der Waals surface area (Å²) in [4.78, 5) is 0. The fourth-order valence-electron chi connectivity index (χ4n) is 1.77. The van der Waals surface area contributed by atoms with Crippen LogP contribution in [0.5, 0.6) is 0 Å². The molecule has 62 valence electrons. The summed E-state index contributed by atoms with van der Waals surface area (Å²) in [6.45, 7) is 4.35. The van der Waals surface area contributed by atoms with Gasteiger partial charge in [-0.3, -0.25) is 0 Å². The smallest absolute Gasteiger partial charge is 0.0245 e. The number of halogens is 1. The molecule has 0 bridgehead atoms. The monoisotopic (exact) mass is 222 g/mol. The molecule has 0 aliphatic heterocycles. The van der Waals surface area contributed by atoms with Crippen molar-refractivity contribution in [3.63, 3.8) is 0 Å². The number of rotatable bonds is 0. The molecule has 1 aliphatic rings. The number of fused-ring (bicyclic) bond motifs is 1. The third-order valence-electron chi connectivity index (χ3n) is 2.41. The third kappa shape index (κ3) is 1.04. The molecule has 0 spiro atoms. The standard InChI is InChI=1S/C11H11Br/c1-7-4-3-5-9-6-8(2)11(12)10(7)9/h3-5H,6H2,1-2H3. The van der Waals surface area contributed by atoms with Crippen molar-refractivity contribution in [1.29, 1.82) is 0 Å². The molecule has 0 saturated carbocycles. The highest BCUT2D eigenvalue weighted by atomic mass is 79.9. The summed E-state index contributed by atoms with van der Waals surface area (Å²) >= 11 is 3.63. The zero-order valence-electron chi connectivity index (χ0n) is 7.32. The van der Waals surface area contributed by atoms with Crippen LogP contribution in [0.2, 0.25) is 0 Å². The minimum atomic E-state index is 1.11. The van der Waals surface area contributed by atoms with Crippen LogP contribution in [-0.2, 0) is 6.42 Å². The molecule has 0 saturated heterocycles. The van der Waals surface area contributed by atoms with Gasteiger partial charge in [0.2, 0.25) is 0 Å². The second kappa shape index (κ2) is 2.74. The van der Waals surface area contributed by atoms with Crippen LogP contribution in [0.25, 0.3) is 4.48 Å². The first-order valence-corrected chi connectivity index (χ1v) is 4.93. The van der Waals surface area contributed by atoms with E-state index in [0.29, 0.717) is 0 Å². The van der Waals surface area contributed by atoms with Crippen LogP contribution in [-0.4, -0.2) is 0 Å². The maximum atomic E-state index is 3.63. The number of aryl methyl sites for hydroxylation is 1. The van der Waals surface area contributed by atoms with E-state index in [1.54, 1.807) is 0 Å². The second-order valence-corrected chi connectivity index (χ2v) is 4.17. The number of hydrogen-bond acceptors (Lipinski definition) is 0. The Hall–Kier alpha value is -0.560. The average molecular weight is 223 g/mol. The molecule has 1 aromatic rings. The van der Waals surface area contributed by atoms with Crippen LogP contribution < -0.4 is 0 Å². The molecule has 0 aromatic heterocycles.